The van der Waals surface area contributed by atoms with Gasteiger partial charge in [0.05, 0.1) is 51.4 Å². The molecular formula is C41H54I3N4O14P. The van der Waals surface area contributed by atoms with Crippen LogP contribution in [0.1, 0.15) is 107 Å². The van der Waals surface area contributed by atoms with E-state index in [2.05, 4.69) is 52.4 Å². The summed E-state index contributed by atoms with van der Waals surface area (Å²) in [6.45, 7) is 9.53. The first kappa shape index (κ1) is 54.4. The maximum Gasteiger partial charge on any atom is 0.472 e. The van der Waals surface area contributed by atoms with Crippen molar-refractivity contribution in [3.63, 3.8) is 0 Å². The molecular weight excluding hydrogens is 1180 g/mol. The van der Waals surface area contributed by atoms with Crippen molar-refractivity contribution in [3.8, 4) is 5.75 Å². The first-order chi connectivity index (χ1) is 29.4. The number of nitrogens with zero attached hydrogens (tertiary/aromatic N) is 1. The summed E-state index contributed by atoms with van der Waals surface area (Å²) < 4.78 is 36.0. The lowest BCUT2D eigenvalue weighted by atomic mass is 9.96. The number of unbranched alkanes of at least 4 members (excludes halogenated alkanes) is 1. The second-order valence-corrected chi connectivity index (χ2v) is 20.9. The van der Waals surface area contributed by atoms with Gasteiger partial charge in [-0.2, -0.15) is 0 Å². The molecule has 1 heterocycles. The first-order valence-corrected chi connectivity index (χ1v) is 24.7. The van der Waals surface area contributed by atoms with Crippen molar-refractivity contribution in [2.45, 2.75) is 110 Å². The first-order valence-electron chi connectivity index (χ1n) is 20.0. The number of ether oxygens (including phenoxy) is 2. The van der Waals surface area contributed by atoms with Crippen LogP contribution in [-0.4, -0.2) is 96.0 Å². The van der Waals surface area contributed by atoms with E-state index in [1.54, 1.807) is 33.8 Å². The number of amides is 5. The van der Waals surface area contributed by atoms with Crippen LogP contribution in [-0.2, 0) is 58.4 Å². The quantitative estimate of drug-likeness (QED) is 0.0336. The van der Waals surface area contributed by atoms with Crippen molar-refractivity contribution in [2.75, 3.05) is 26.9 Å². The summed E-state index contributed by atoms with van der Waals surface area (Å²) in [6.07, 6.45) is 0.123. The Bertz CT molecular complexity index is 2030. The van der Waals surface area contributed by atoms with Crippen LogP contribution in [0.4, 0.5) is 0 Å². The Kier molecular flexibility index (Phi) is 21.6. The normalized spacial score (nSPS) is 15.3. The van der Waals surface area contributed by atoms with Gasteiger partial charge in [0, 0.05) is 29.4 Å². The fourth-order valence-corrected chi connectivity index (χ4v) is 11.0. The molecule has 348 valence electrons. The lowest BCUT2D eigenvalue weighted by molar-refractivity contribution is -0.197. The maximum absolute atomic E-state index is 13.7. The van der Waals surface area contributed by atoms with E-state index in [-0.39, 0.29) is 50.8 Å². The van der Waals surface area contributed by atoms with Gasteiger partial charge in [-0.15, -0.1) is 5.06 Å². The number of rotatable bonds is 23. The minimum absolute atomic E-state index is 0.0522. The summed E-state index contributed by atoms with van der Waals surface area (Å²) in [5.41, 5.74) is 1.09. The third kappa shape index (κ3) is 18.1. The molecule has 0 aromatic heterocycles. The number of carbonyl (C=O) groups is 7. The predicted octanol–water partition coefficient (Wildman–Crippen LogP) is 5.85. The minimum Gasteiger partial charge on any atom is -0.495 e. The van der Waals surface area contributed by atoms with Gasteiger partial charge in [-0.3, -0.25) is 33.0 Å². The van der Waals surface area contributed by atoms with E-state index in [1.165, 1.54) is 7.11 Å². The van der Waals surface area contributed by atoms with Crippen LogP contribution in [0.25, 0.3) is 0 Å². The molecule has 1 aliphatic rings. The van der Waals surface area contributed by atoms with Crippen molar-refractivity contribution in [1.82, 2.24) is 21.0 Å². The monoisotopic (exact) mass is 1240 g/mol. The summed E-state index contributed by atoms with van der Waals surface area (Å²) in [7, 11) is -3.32. The predicted molar refractivity (Wildman–Crippen MR) is 254 cm³/mol. The van der Waals surface area contributed by atoms with E-state index in [0.29, 0.717) is 23.9 Å². The molecule has 1 aliphatic heterocycles. The minimum atomic E-state index is -4.78. The van der Waals surface area contributed by atoms with Crippen molar-refractivity contribution >= 4 is 117 Å². The largest absolute Gasteiger partial charge is 0.495 e. The number of methoxy groups -OCH3 is 1. The van der Waals surface area contributed by atoms with Crippen LogP contribution in [0.5, 0.6) is 5.75 Å². The number of esters is 1. The summed E-state index contributed by atoms with van der Waals surface area (Å²) in [4.78, 5) is 105. The van der Waals surface area contributed by atoms with Gasteiger partial charge in [0.1, 0.15) is 17.4 Å². The fourth-order valence-electron chi connectivity index (χ4n) is 5.91. The molecule has 2 aromatic rings. The lowest BCUT2D eigenvalue weighted by Crippen LogP contribution is -2.51. The lowest BCUT2D eigenvalue weighted by Gasteiger charge is -2.26. The SMILES string of the molecule is COc1c(I)cc(I)c(C(=O)N[C@H](CC(=O)N[C@H](CNC(=O)[C@@H](C)c2ccc(CC(C)C)cc2)COP(=O)(O)OCCCCC(=O)ON2C(=O)CCC2=O)C(=O)OC(C)(C)C)c1I. The van der Waals surface area contributed by atoms with Gasteiger partial charge in [-0.25, -0.2) is 14.2 Å². The van der Waals surface area contributed by atoms with Gasteiger partial charge in [0.25, 0.3) is 17.7 Å². The molecule has 1 fully saturated rings. The van der Waals surface area contributed by atoms with Gasteiger partial charge >= 0.3 is 19.8 Å². The van der Waals surface area contributed by atoms with Crippen LogP contribution in [0, 0.1) is 16.6 Å². The Hall–Kier alpha value is -2.97. The van der Waals surface area contributed by atoms with E-state index in [0.717, 1.165) is 21.1 Å². The Labute approximate surface area is 407 Å². The number of carbonyl (C=O) groups excluding carboxylic acids is 7. The third-order valence-corrected chi connectivity index (χ3v) is 12.7. The number of hydrogen-bond acceptors (Lipinski definition) is 13. The Balaban J connectivity index is 1.73. The van der Waals surface area contributed by atoms with Crippen LogP contribution < -0.4 is 20.7 Å². The highest BCUT2D eigenvalue weighted by molar-refractivity contribution is 14.1. The molecule has 22 heteroatoms. The molecule has 0 bridgehead atoms. The van der Waals surface area contributed by atoms with Crippen molar-refractivity contribution in [2.24, 2.45) is 5.92 Å². The van der Waals surface area contributed by atoms with E-state index in [4.69, 9.17) is 23.4 Å². The third-order valence-electron chi connectivity index (χ3n) is 9.02. The van der Waals surface area contributed by atoms with Crippen LogP contribution in [0.15, 0.2) is 30.3 Å². The van der Waals surface area contributed by atoms with Gasteiger partial charge in [-0.1, -0.05) is 38.1 Å². The molecule has 5 amide bonds. The molecule has 0 spiro atoms. The zero-order valence-corrected chi connectivity index (χ0v) is 43.4. The van der Waals surface area contributed by atoms with E-state index in [9.17, 15) is 43.0 Å². The smallest absolute Gasteiger partial charge is 0.472 e. The molecule has 18 nitrogen and oxygen atoms in total. The van der Waals surface area contributed by atoms with Crippen molar-refractivity contribution in [3.05, 3.63) is 57.7 Å². The van der Waals surface area contributed by atoms with Crippen molar-refractivity contribution in [1.29, 1.82) is 0 Å². The van der Waals surface area contributed by atoms with Crippen LogP contribution in [0.3, 0.4) is 0 Å². The number of hydrogen-bond donors (Lipinski definition) is 4. The van der Waals surface area contributed by atoms with Gasteiger partial charge < -0.3 is 35.2 Å². The summed E-state index contributed by atoms with van der Waals surface area (Å²) in [6, 6.07) is 6.71. The highest BCUT2D eigenvalue weighted by atomic mass is 127. The molecule has 0 aliphatic carbocycles. The average Bonchev–Trinajstić information content (AvgIpc) is 3.49. The van der Waals surface area contributed by atoms with Crippen LogP contribution >= 0.6 is 75.6 Å². The zero-order valence-electron chi connectivity index (χ0n) is 36.0. The van der Waals surface area contributed by atoms with Gasteiger partial charge in [-0.05, 0) is 138 Å². The number of benzene rings is 2. The molecule has 2 aromatic carbocycles. The summed E-state index contributed by atoms with van der Waals surface area (Å²) in [5, 5.41) is 8.43. The number of hydroxylamine groups is 2. The zero-order chi connectivity index (χ0) is 47.2. The molecule has 1 saturated heterocycles. The van der Waals surface area contributed by atoms with E-state index >= 15 is 0 Å². The van der Waals surface area contributed by atoms with E-state index in [1.807, 2.05) is 69.4 Å². The summed E-state index contributed by atoms with van der Waals surface area (Å²) in [5.74, 6) is -4.59. The van der Waals surface area contributed by atoms with E-state index < -0.39 is 85.9 Å². The average molecular weight is 1240 g/mol. The number of imide groups is 1. The highest BCUT2D eigenvalue weighted by Gasteiger charge is 2.34. The molecule has 4 N–H and O–H groups in total. The number of nitrogens with one attached hydrogen (secondary N) is 3. The summed E-state index contributed by atoms with van der Waals surface area (Å²) >= 11 is 6.04. The molecule has 1 unspecified atom stereocenters. The Morgan fingerprint density at radius 2 is 1.56 bits per heavy atom. The molecule has 3 rings (SSSR count). The Morgan fingerprint density at radius 1 is 0.921 bits per heavy atom. The number of phosphoric acid groups is 1. The number of phosphoric ester groups is 1. The Morgan fingerprint density at radius 3 is 2.14 bits per heavy atom. The molecule has 0 radical (unpaired) electrons. The topological polar surface area (TPSA) is 242 Å². The molecule has 0 saturated carbocycles. The van der Waals surface area contributed by atoms with Crippen molar-refractivity contribution < 1.29 is 66.4 Å². The van der Waals surface area contributed by atoms with Gasteiger partial charge in [0.2, 0.25) is 11.8 Å². The second kappa shape index (κ2) is 25.1. The molecule has 4 atom stereocenters. The fraction of sp³-hybridized carbons (Fsp3) is 0.537. The van der Waals surface area contributed by atoms with Gasteiger partial charge in [0.15, 0.2) is 0 Å². The maximum atomic E-state index is 13.7. The molecule has 63 heavy (non-hydrogen) atoms. The highest BCUT2D eigenvalue weighted by Crippen LogP contribution is 2.43. The van der Waals surface area contributed by atoms with Crippen LogP contribution in [0.2, 0.25) is 0 Å². The standard InChI is InChI=1S/C41H54I3N4O14P/c1-23(2)18-25-11-13-26(14-12-25)24(3)38(53)45-21-27(22-60-63(56,57)59-17-9-8-10-34(52)62-48-32(50)15-16-33(48)51)46-31(49)20-30(40(55)61-41(4,5)6)47-39(54)35-28(42)19-29(43)37(58-7)36(35)44/h11-14,19,23-24,27,30H,8-10,15-18,20-22H2,1-7H3,(H,45,53)(H,46,49)(H,47,54)(H,56,57)/t24-,27+,30+/m0/s1. The second-order valence-electron chi connectivity index (χ2n) is 16.0. The number of halogens is 3.